The number of rotatable bonds is 6. The summed E-state index contributed by atoms with van der Waals surface area (Å²) in [6, 6.07) is 2.65. The summed E-state index contributed by atoms with van der Waals surface area (Å²) in [5.74, 6) is -1.29. The van der Waals surface area contributed by atoms with Gasteiger partial charge in [0.25, 0.3) is 0 Å². The number of nitrogens with one attached hydrogen (secondary N) is 1. The Bertz CT molecular complexity index is 954. The van der Waals surface area contributed by atoms with E-state index in [1.54, 1.807) is 14.0 Å². The van der Waals surface area contributed by atoms with Crippen LogP contribution in [0.4, 0.5) is 0 Å². The van der Waals surface area contributed by atoms with E-state index in [4.69, 9.17) is 9.57 Å². The lowest BCUT2D eigenvalue weighted by Crippen LogP contribution is -2.47. The molecule has 0 bridgehead atoms. The standard InChI is InChI=1S/C20H26N2O6S/c1-12-13(20(24)19-14(21-11-27-2)5-4-6-16(19)23)7-8-17-18(12)15(22-28-3)9-10-29(17,25)26/h7-8,14,19,21H,4-6,9-11H2,1-3H3. The van der Waals surface area contributed by atoms with Crippen LogP contribution in [0.25, 0.3) is 0 Å². The Hall–Kier alpha value is -2.10. The van der Waals surface area contributed by atoms with Crippen LogP contribution in [0.15, 0.2) is 22.2 Å². The van der Waals surface area contributed by atoms with Gasteiger partial charge in [0.1, 0.15) is 12.9 Å². The molecule has 1 fully saturated rings. The molecule has 0 saturated heterocycles. The highest BCUT2D eigenvalue weighted by Crippen LogP contribution is 2.33. The van der Waals surface area contributed by atoms with E-state index >= 15 is 0 Å². The smallest absolute Gasteiger partial charge is 0.179 e. The van der Waals surface area contributed by atoms with Crippen LogP contribution < -0.4 is 5.32 Å². The number of sulfone groups is 1. The Kier molecular flexibility index (Phi) is 6.50. The molecule has 158 valence electrons. The normalized spacial score (nSPS) is 24.9. The number of carbonyl (C=O) groups excluding carboxylic acids is 2. The first kappa shape index (κ1) is 21.6. The second-order valence-electron chi connectivity index (χ2n) is 7.34. The Morgan fingerprint density at radius 2 is 2.03 bits per heavy atom. The van der Waals surface area contributed by atoms with E-state index in [0.29, 0.717) is 35.2 Å². The molecule has 29 heavy (non-hydrogen) atoms. The summed E-state index contributed by atoms with van der Waals surface area (Å²) in [6.45, 7) is 1.94. The van der Waals surface area contributed by atoms with Crippen molar-refractivity contribution >= 4 is 27.1 Å². The van der Waals surface area contributed by atoms with E-state index < -0.39 is 15.8 Å². The lowest BCUT2D eigenvalue weighted by molar-refractivity contribution is -0.124. The van der Waals surface area contributed by atoms with Gasteiger partial charge in [-0.3, -0.25) is 14.9 Å². The third-order valence-corrected chi connectivity index (χ3v) is 7.34. The van der Waals surface area contributed by atoms with Gasteiger partial charge in [0.05, 0.1) is 29.0 Å². The summed E-state index contributed by atoms with van der Waals surface area (Å²) in [5, 5.41) is 7.10. The largest absolute Gasteiger partial charge is 0.399 e. The second-order valence-corrected chi connectivity index (χ2v) is 9.42. The molecule has 1 aromatic carbocycles. The van der Waals surface area contributed by atoms with E-state index in [0.717, 1.165) is 6.42 Å². The summed E-state index contributed by atoms with van der Waals surface area (Å²) < 4.78 is 30.1. The number of fused-ring (bicyclic) bond motifs is 1. The Balaban J connectivity index is 2.07. The van der Waals surface area contributed by atoms with Crippen molar-refractivity contribution in [2.24, 2.45) is 11.1 Å². The number of hydrogen-bond acceptors (Lipinski definition) is 8. The van der Waals surface area contributed by atoms with Crippen molar-refractivity contribution in [2.75, 3.05) is 26.7 Å². The minimum Gasteiger partial charge on any atom is -0.399 e. The van der Waals surface area contributed by atoms with Gasteiger partial charge < -0.3 is 9.57 Å². The van der Waals surface area contributed by atoms with Crippen molar-refractivity contribution in [1.29, 1.82) is 0 Å². The van der Waals surface area contributed by atoms with Gasteiger partial charge in [-0.15, -0.1) is 0 Å². The van der Waals surface area contributed by atoms with Crippen molar-refractivity contribution in [3.8, 4) is 0 Å². The maximum absolute atomic E-state index is 13.4. The molecule has 0 amide bonds. The highest BCUT2D eigenvalue weighted by Gasteiger charge is 2.39. The quantitative estimate of drug-likeness (QED) is 0.321. The lowest BCUT2D eigenvalue weighted by Gasteiger charge is -2.31. The molecule has 0 aromatic heterocycles. The number of carbonyl (C=O) groups is 2. The molecular weight excluding hydrogens is 396 g/mol. The molecule has 2 atom stereocenters. The van der Waals surface area contributed by atoms with Crippen LogP contribution in [0.5, 0.6) is 0 Å². The molecular formula is C20H26N2O6S. The third kappa shape index (κ3) is 4.12. The molecule has 1 saturated carbocycles. The van der Waals surface area contributed by atoms with Crippen molar-refractivity contribution in [3.63, 3.8) is 0 Å². The molecule has 0 radical (unpaired) electrons. The molecule has 1 aliphatic carbocycles. The van der Waals surface area contributed by atoms with Gasteiger partial charge in [-0.05, 0) is 37.5 Å². The number of oxime groups is 1. The molecule has 1 aliphatic heterocycles. The van der Waals surface area contributed by atoms with Gasteiger partial charge in [0.15, 0.2) is 15.6 Å². The third-order valence-electron chi connectivity index (χ3n) is 5.58. The molecule has 1 N–H and O–H groups in total. The fourth-order valence-corrected chi connectivity index (χ4v) is 5.73. The molecule has 9 heteroatoms. The first-order valence-corrected chi connectivity index (χ1v) is 11.2. The van der Waals surface area contributed by atoms with Crippen molar-refractivity contribution < 1.29 is 27.6 Å². The SMILES string of the molecule is COCNC1CCCC(=O)C1C(=O)c1ccc2c(c1C)C(=NOC)CCS2(=O)=O. The highest BCUT2D eigenvalue weighted by molar-refractivity contribution is 7.91. The minimum atomic E-state index is -3.46. The Morgan fingerprint density at radius 1 is 1.28 bits per heavy atom. The number of ether oxygens (including phenoxy) is 1. The Labute approximate surface area is 170 Å². The molecule has 1 aromatic rings. The topological polar surface area (TPSA) is 111 Å². The first-order valence-electron chi connectivity index (χ1n) is 9.57. The van der Waals surface area contributed by atoms with Crippen LogP contribution >= 0.6 is 0 Å². The highest BCUT2D eigenvalue weighted by atomic mass is 32.2. The van der Waals surface area contributed by atoms with E-state index in [9.17, 15) is 18.0 Å². The number of nitrogens with zero attached hydrogens (tertiary/aromatic N) is 1. The Morgan fingerprint density at radius 3 is 2.72 bits per heavy atom. The second kappa shape index (κ2) is 8.73. The predicted molar refractivity (Wildman–Crippen MR) is 107 cm³/mol. The van der Waals surface area contributed by atoms with Gasteiger partial charge in [-0.2, -0.15) is 0 Å². The first-order chi connectivity index (χ1) is 13.8. The van der Waals surface area contributed by atoms with Gasteiger partial charge in [0.2, 0.25) is 0 Å². The lowest BCUT2D eigenvalue weighted by atomic mass is 9.77. The van der Waals surface area contributed by atoms with Crippen LogP contribution in [0, 0.1) is 12.8 Å². The summed E-state index contributed by atoms with van der Waals surface area (Å²) >= 11 is 0. The minimum absolute atomic E-state index is 0.0565. The molecule has 1 heterocycles. The summed E-state index contributed by atoms with van der Waals surface area (Å²) in [4.78, 5) is 31.0. The van der Waals surface area contributed by atoms with Gasteiger partial charge in [-0.1, -0.05) is 5.16 Å². The van der Waals surface area contributed by atoms with Crippen molar-refractivity contribution in [3.05, 3.63) is 28.8 Å². The van der Waals surface area contributed by atoms with Crippen LogP contribution in [0.3, 0.4) is 0 Å². The molecule has 8 nitrogen and oxygen atoms in total. The van der Waals surface area contributed by atoms with E-state index in [2.05, 4.69) is 10.5 Å². The van der Waals surface area contributed by atoms with E-state index in [1.807, 2.05) is 0 Å². The molecule has 0 spiro atoms. The van der Waals surface area contributed by atoms with Gasteiger partial charge in [0, 0.05) is 37.1 Å². The number of Topliss-reactive ketones (excluding diaryl/α,β-unsaturated/α-hetero) is 2. The molecule has 3 rings (SSSR count). The van der Waals surface area contributed by atoms with Crippen molar-refractivity contribution in [1.82, 2.24) is 5.32 Å². The maximum Gasteiger partial charge on any atom is 0.179 e. The van der Waals surface area contributed by atoms with Crippen LogP contribution in [0.2, 0.25) is 0 Å². The fourth-order valence-electron chi connectivity index (χ4n) is 4.19. The average Bonchev–Trinajstić information content (AvgIpc) is 2.68. The van der Waals surface area contributed by atoms with Gasteiger partial charge in [-0.25, -0.2) is 8.42 Å². The maximum atomic E-state index is 13.4. The molecule has 2 aliphatic rings. The summed E-state index contributed by atoms with van der Waals surface area (Å²) in [5.41, 5.74) is 1.76. The zero-order valence-corrected chi connectivity index (χ0v) is 17.7. The summed E-state index contributed by atoms with van der Waals surface area (Å²) in [6.07, 6.45) is 1.98. The number of benzene rings is 1. The fraction of sp³-hybridized carbons (Fsp3) is 0.550. The van der Waals surface area contributed by atoms with Crippen LogP contribution in [-0.4, -0.2) is 58.4 Å². The summed E-state index contributed by atoms with van der Waals surface area (Å²) in [7, 11) is -0.524. The zero-order chi connectivity index (χ0) is 21.2. The average molecular weight is 423 g/mol. The zero-order valence-electron chi connectivity index (χ0n) is 16.9. The number of ketones is 2. The number of hydrogen-bond donors (Lipinski definition) is 1. The van der Waals surface area contributed by atoms with Crippen LogP contribution in [-0.2, 0) is 24.2 Å². The van der Waals surface area contributed by atoms with E-state index in [1.165, 1.54) is 19.2 Å². The van der Waals surface area contributed by atoms with Crippen molar-refractivity contribution in [2.45, 2.75) is 43.5 Å². The van der Waals surface area contributed by atoms with Gasteiger partial charge >= 0.3 is 0 Å². The predicted octanol–water partition coefficient (Wildman–Crippen LogP) is 1.64. The van der Waals surface area contributed by atoms with Crippen LogP contribution in [0.1, 0.15) is 47.2 Å². The van der Waals surface area contributed by atoms with E-state index in [-0.39, 0.29) is 41.4 Å². The monoisotopic (exact) mass is 422 g/mol. The molecule has 2 unspecified atom stereocenters. The number of methoxy groups -OCH3 is 1.